The van der Waals surface area contributed by atoms with Gasteiger partial charge < -0.3 is 4.74 Å². The monoisotopic (exact) mass is 287 g/mol. The summed E-state index contributed by atoms with van der Waals surface area (Å²) in [6.07, 6.45) is -11.2. The Balaban J connectivity index is 3.29. The number of halogens is 6. The number of alkyl halides is 6. The first-order valence-corrected chi connectivity index (χ1v) is 4.69. The van der Waals surface area contributed by atoms with Crippen molar-refractivity contribution in [1.29, 1.82) is 0 Å². The fourth-order valence-corrected chi connectivity index (χ4v) is 1.23. The molecule has 3 nitrogen and oxygen atoms in total. The lowest BCUT2D eigenvalue weighted by Gasteiger charge is -2.15. The molecule has 0 aliphatic carbocycles. The van der Waals surface area contributed by atoms with Crippen molar-refractivity contribution < 1.29 is 35.9 Å². The second-order valence-corrected chi connectivity index (χ2v) is 3.37. The summed E-state index contributed by atoms with van der Waals surface area (Å²) in [4.78, 5) is 10.8. The maximum absolute atomic E-state index is 12.6. The van der Waals surface area contributed by atoms with Crippen molar-refractivity contribution in [3.63, 3.8) is 0 Å². The molecule has 9 heteroatoms. The van der Waals surface area contributed by atoms with E-state index in [2.05, 4.69) is 4.74 Å². The van der Waals surface area contributed by atoms with Gasteiger partial charge in [0.1, 0.15) is 0 Å². The molecule has 1 aromatic rings. The Morgan fingerprint density at radius 1 is 1.11 bits per heavy atom. The summed E-state index contributed by atoms with van der Waals surface area (Å²) in [6, 6.07) is 0.869. The number of hydrogen-bond acceptors (Lipinski definition) is 2. The topological polar surface area (TPSA) is 38.3 Å². The molecule has 0 unspecified atom stereocenters. The summed E-state index contributed by atoms with van der Waals surface area (Å²) in [5.74, 6) is 0. The van der Waals surface area contributed by atoms with E-state index in [4.69, 9.17) is 0 Å². The lowest BCUT2D eigenvalue weighted by molar-refractivity contribution is -0.142. The highest BCUT2D eigenvalue weighted by Gasteiger charge is 2.38. The molecule has 0 fully saturated rings. The molecule has 0 aliphatic heterocycles. The van der Waals surface area contributed by atoms with Crippen LogP contribution in [-0.2, 0) is 17.1 Å². The van der Waals surface area contributed by atoms with Crippen LogP contribution in [0, 0.1) is 0 Å². The van der Waals surface area contributed by atoms with Gasteiger partial charge in [-0.2, -0.15) is 26.3 Å². The van der Waals surface area contributed by atoms with Crippen LogP contribution in [0.2, 0.25) is 0 Å². The number of benzene rings is 1. The van der Waals surface area contributed by atoms with Gasteiger partial charge >= 0.3 is 18.4 Å². The molecule has 0 aliphatic rings. The van der Waals surface area contributed by atoms with Gasteiger partial charge in [-0.1, -0.05) is 0 Å². The maximum Gasteiger partial charge on any atom is 0.418 e. The van der Waals surface area contributed by atoms with Crippen LogP contribution in [0.4, 0.5) is 36.8 Å². The Labute approximate surface area is 103 Å². The minimum Gasteiger partial charge on any atom is -0.453 e. The number of rotatable bonds is 1. The average Bonchev–Trinajstić information content (AvgIpc) is 2.26. The van der Waals surface area contributed by atoms with Gasteiger partial charge in [-0.05, 0) is 18.2 Å². The van der Waals surface area contributed by atoms with E-state index in [9.17, 15) is 31.1 Å². The second kappa shape index (κ2) is 4.98. The van der Waals surface area contributed by atoms with E-state index in [0.29, 0.717) is 12.1 Å². The molecule has 0 aromatic heterocycles. The summed E-state index contributed by atoms with van der Waals surface area (Å²) in [5.41, 5.74) is -3.88. The van der Waals surface area contributed by atoms with E-state index >= 15 is 0 Å². The SMILES string of the molecule is COC(=O)Nc1ccc(C(F)(F)F)cc1C(F)(F)F. The van der Waals surface area contributed by atoms with Crippen molar-refractivity contribution in [2.75, 3.05) is 12.4 Å². The number of carbonyl (C=O) groups is 1. The molecular weight excluding hydrogens is 280 g/mol. The largest absolute Gasteiger partial charge is 0.453 e. The van der Waals surface area contributed by atoms with Crippen LogP contribution in [0.25, 0.3) is 0 Å². The Bertz CT molecular complexity index is 480. The van der Waals surface area contributed by atoms with Gasteiger partial charge in [0, 0.05) is 0 Å². The minimum absolute atomic E-state index is 0.0781. The highest BCUT2D eigenvalue weighted by molar-refractivity contribution is 5.85. The van der Waals surface area contributed by atoms with E-state index in [1.54, 1.807) is 5.32 Å². The van der Waals surface area contributed by atoms with Crippen molar-refractivity contribution >= 4 is 11.8 Å². The summed E-state index contributed by atoms with van der Waals surface area (Å²) < 4.78 is 78.9. The number of methoxy groups -OCH3 is 1. The molecule has 0 bridgehead atoms. The first kappa shape index (κ1) is 15.1. The molecule has 0 radical (unpaired) electrons. The van der Waals surface area contributed by atoms with Crippen molar-refractivity contribution in [3.8, 4) is 0 Å². The lowest BCUT2D eigenvalue weighted by atomic mass is 10.1. The third kappa shape index (κ3) is 3.76. The molecule has 0 spiro atoms. The molecule has 0 saturated heterocycles. The van der Waals surface area contributed by atoms with Crippen molar-refractivity contribution in [2.45, 2.75) is 12.4 Å². The molecule has 0 heterocycles. The Kier molecular flexibility index (Phi) is 3.97. The van der Waals surface area contributed by atoms with E-state index < -0.39 is 35.3 Å². The quantitative estimate of drug-likeness (QED) is 0.795. The predicted octanol–water partition coefficient (Wildman–Crippen LogP) is 3.90. The van der Waals surface area contributed by atoms with Gasteiger partial charge in [-0.25, -0.2) is 4.79 Å². The third-order valence-electron chi connectivity index (χ3n) is 2.07. The van der Waals surface area contributed by atoms with E-state index in [1.165, 1.54) is 0 Å². The lowest BCUT2D eigenvalue weighted by Crippen LogP contribution is -2.17. The highest BCUT2D eigenvalue weighted by Crippen LogP contribution is 2.39. The molecular formula is C10H7F6NO2. The summed E-state index contributed by atoms with van der Waals surface area (Å²) >= 11 is 0. The number of anilines is 1. The Morgan fingerprint density at radius 3 is 2.11 bits per heavy atom. The molecule has 1 amide bonds. The van der Waals surface area contributed by atoms with Crippen LogP contribution in [0.3, 0.4) is 0 Å². The van der Waals surface area contributed by atoms with Gasteiger partial charge in [0.05, 0.1) is 23.9 Å². The predicted molar refractivity (Wildman–Crippen MR) is 52.5 cm³/mol. The van der Waals surface area contributed by atoms with Crippen LogP contribution in [0.5, 0.6) is 0 Å². The summed E-state index contributed by atoms with van der Waals surface area (Å²) in [5, 5.41) is 1.70. The Hall–Kier alpha value is -1.93. The van der Waals surface area contributed by atoms with E-state index in [-0.39, 0.29) is 6.07 Å². The molecule has 106 valence electrons. The van der Waals surface area contributed by atoms with Gasteiger partial charge in [0.15, 0.2) is 0 Å². The van der Waals surface area contributed by atoms with Gasteiger partial charge in [-0.15, -0.1) is 0 Å². The van der Waals surface area contributed by atoms with Crippen LogP contribution < -0.4 is 5.32 Å². The second-order valence-electron chi connectivity index (χ2n) is 3.37. The van der Waals surface area contributed by atoms with Gasteiger partial charge in [-0.3, -0.25) is 5.32 Å². The zero-order valence-corrected chi connectivity index (χ0v) is 9.32. The molecule has 0 saturated carbocycles. The van der Waals surface area contributed by atoms with E-state index in [0.717, 1.165) is 7.11 Å². The van der Waals surface area contributed by atoms with E-state index in [1.807, 2.05) is 0 Å². The van der Waals surface area contributed by atoms with Gasteiger partial charge in [0.25, 0.3) is 0 Å². The summed E-state index contributed by atoms with van der Waals surface area (Å²) in [7, 11) is 0.909. The van der Waals surface area contributed by atoms with Gasteiger partial charge in [0.2, 0.25) is 0 Å². The van der Waals surface area contributed by atoms with Crippen LogP contribution in [0.1, 0.15) is 11.1 Å². The molecule has 1 aromatic carbocycles. The van der Waals surface area contributed by atoms with Crippen LogP contribution in [0.15, 0.2) is 18.2 Å². The highest BCUT2D eigenvalue weighted by atomic mass is 19.4. The molecule has 19 heavy (non-hydrogen) atoms. The smallest absolute Gasteiger partial charge is 0.418 e. The first-order chi connectivity index (χ1) is 8.55. The molecule has 1 rings (SSSR count). The van der Waals surface area contributed by atoms with Crippen molar-refractivity contribution in [3.05, 3.63) is 29.3 Å². The first-order valence-electron chi connectivity index (χ1n) is 4.69. The normalized spacial score (nSPS) is 12.2. The number of hydrogen-bond donors (Lipinski definition) is 1. The molecule has 0 atom stereocenters. The zero-order chi connectivity index (χ0) is 14.8. The Morgan fingerprint density at radius 2 is 1.68 bits per heavy atom. The fraction of sp³-hybridized carbons (Fsp3) is 0.300. The van der Waals surface area contributed by atoms with Crippen molar-refractivity contribution in [1.82, 2.24) is 0 Å². The number of amides is 1. The number of ether oxygens (including phenoxy) is 1. The minimum atomic E-state index is -5.04. The summed E-state index contributed by atoms with van der Waals surface area (Å²) in [6.45, 7) is 0. The number of nitrogens with one attached hydrogen (secondary N) is 1. The maximum atomic E-state index is 12.6. The van der Waals surface area contributed by atoms with Crippen molar-refractivity contribution in [2.24, 2.45) is 0 Å². The van der Waals surface area contributed by atoms with Crippen LogP contribution >= 0.6 is 0 Å². The standard InChI is InChI=1S/C10H7F6NO2/c1-19-8(18)17-7-3-2-5(9(11,12)13)4-6(7)10(14,15)16/h2-4H,1H3,(H,17,18). The number of carbonyl (C=O) groups excluding carboxylic acids is 1. The average molecular weight is 287 g/mol. The third-order valence-corrected chi connectivity index (χ3v) is 2.07. The van der Waals surface area contributed by atoms with Crippen LogP contribution in [-0.4, -0.2) is 13.2 Å². The fourth-order valence-electron chi connectivity index (χ4n) is 1.23. The molecule has 1 N–H and O–H groups in total. The zero-order valence-electron chi connectivity index (χ0n) is 9.32.